The summed E-state index contributed by atoms with van der Waals surface area (Å²) in [5.41, 5.74) is 3.08. The number of carbonyl (C=O) groups excluding carboxylic acids is 1. The van der Waals surface area contributed by atoms with Gasteiger partial charge in [0.25, 0.3) is 5.69 Å². The predicted octanol–water partition coefficient (Wildman–Crippen LogP) is 4.39. The van der Waals surface area contributed by atoms with E-state index >= 15 is 0 Å². The summed E-state index contributed by atoms with van der Waals surface area (Å²) in [6, 6.07) is 15.1. The van der Waals surface area contributed by atoms with Crippen molar-refractivity contribution in [2.24, 2.45) is 5.92 Å². The zero-order chi connectivity index (χ0) is 20.1. The van der Waals surface area contributed by atoms with Gasteiger partial charge in [-0.25, -0.2) is 0 Å². The molecule has 0 radical (unpaired) electrons. The molecule has 1 amide bonds. The lowest BCUT2D eigenvalue weighted by Crippen LogP contribution is -2.41. The average molecular weight is 381 g/mol. The maximum absolute atomic E-state index is 12.8. The molecule has 1 aliphatic rings. The summed E-state index contributed by atoms with van der Waals surface area (Å²) in [5.74, 6) is 0.0214. The van der Waals surface area contributed by atoms with Crippen LogP contribution in [0.3, 0.4) is 0 Å². The first-order valence-corrected chi connectivity index (χ1v) is 9.85. The van der Waals surface area contributed by atoms with E-state index in [0.29, 0.717) is 31.6 Å². The van der Waals surface area contributed by atoms with Gasteiger partial charge in [-0.1, -0.05) is 48.9 Å². The van der Waals surface area contributed by atoms with E-state index < -0.39 is 0 Å². The number of aryl methyl sites for hydroxylation is 1. The number of hydrogen-bond donors (Lipinski definition) is 1. The molecule has 1 heterocycles. The highest BCUT2D eigenvalue weighted by molar-refractivity contribution is 5.79. The van der Waals surface area contributed by atoms with Crippen LogP contribution in [-0.4, -0.2) is 23.9 Å². The van der Waals surface area contributed by atoms with Gasteiger partial charge in [0, 0.05) is 25.1 Å². The van der Waals surface area contributed by atoms with Crippen molar-refractivity contribution in [3.8, 4) is 0 Å². The Kier molecular flexibility index (Phi) is 6.29. The van der Waals surface area contributed by atoms with E-state index in [-0.39, 0.29) is 28.5 Å². The summed E-state index contributed by atoms with van der Waals surface area (Å²) in [7, 11) is 0. The van der Waals surface area contributed by atoms with E-state index in [1.165, 1.54) is 11.6 Å². The van der Waals surface area contributed by atoms with E-state index in [0.717, 1.165) is 12.0 Å². The van der Waals surface area contributed by atoms with Crippen molar-refractivity contribution in [3.05, 3.63) is 69.8 Å². The molecule has 2 aromatic rings. The van der Waals surface area contributed by atoms with Crippen LogP contribution in [0.5, 0.6) is 0 Å². The maximum Gasteiger partial charge on any atom is 0.292 e. The highest BCUT2D eigenvalue weighted by Crippen LogP contribution is 2.31. The van der Waals surface area contributed by atoms with Gasteiger partial charge in [0.15, 0.2) is 0 Å². The third-order valence-electron chi connectivity index (χ3n) is 5.49. The normalized spacial score (nSPS) is 15.9. The molecule has 6 heteroatoms. The van der Waals surface area contributed by atoms with Gasteiger partial charge in [-0.15, -0.1) is 0 Å². The predicted molar refractivity (Wildman–Crippen MR) is 110 cm³/mol. The highest BCUT2D eigenvalue weighted by Gasteiger charge is 2.29. The number of carbonyl (C=O) groups is 1. The van der Waals surface area contributed by atoms with Crippen molar-refractivity contribution in [3.63, 3.8) is 0 Å². The van der Waals surface area contributed by atoms with Crippen molar-refractivity contribution in [2.45, 2.75) is 39.2 Å². The smallest absolute Gasteiger partial charge is 0.292 e. The van der Waals surface area contributed by atoms with Gasteiger partial charge >= 0.3 is 0 Å². The number of nitro groups is 1. The molecule has 28 heavy (non-hydrogen) atoms. The monoisotopic (exact) mass is 381 g/mol. The Hall–Kier alpha value is -2.89. The molecule has 6 nitrogen and oxygen atoms in total. The first kappa shape index (κ1) is 19.9. The van der Waals surface area contributed by atoms with Gasteiger partial charge in [-0.05, 0) is 37.8 Å². The van der Waals surface area contributed by atoms with E-state index in [1.807, 2.05) is 17.9 Å². The summed E-state index contributed by atoms with van der Waals surface area (Å²) < 4.78 is 0. The van der Waals surface area contributed by atoms with Crippen LogP contribution in [0.2, 0.25) is 0 Å². The Balaban J connectivity index is 1.61. The Morgan fingerprint density at radius 3 is 2.43 bits per heavy atom. The van der Waals surface area contributed by atoms with Crippen molar-refractivity contribution in [1.82, 2.24) is 5.32 Å². The number of rotatable bonds is 6. The molecule has 0 aromatic heterocycles. The zero-order valence-corrected chi connectivity index (χ0v) is 16.4. The summed E-state index contributed by atoms with van der Waals surface area (Å²) in [5, 5.41) is 14.5. The minimum Gasteiger partial charge on any atom is -0.366 e. The molecule has 0 unspecified atom stereocenters. The fourth-order valence-electron chi connectivity index (χ4n) is 3.78. The lowest BCUT2D eigenvalue weighted by molar-refractivity contribution is -0.384. The number of piperidine rings is 1. The van der Waals surface area contributed by atoms with E-state index in [1.54, 1.807) is 12.1 Å². The molecule has 1 aliphatic heterocycles. The molecular weight excluding hydrogens is 354 g/mol. The SMILES string of the molecule is CC[C@@H](NC(=O)C1CCN(c2ccccc2[N+](=O)[O-])CC1)c1ccc(C)cc1. The molecule has 0 spiro atoms. The number of nitrogens with one attached hydrogen (secondary N) is 1. The van der Waals surface area contributed by atoms with E-state index in [2.05, 4.69) is 36.5 Å². The van der Waals surface area contributed by atoms with Crippen LogP contribution >= 0.6 is 0 Å². The second-order valence-electron chi connectivity index (χ2n) is 7.39. The third-order valence-corrected chi connectivity index (χ3v) is 5.49. The van der Waals surface area contributed by atoms with E-state index in [9.17, 15) is 14.9 Å². The maximum atomic E-state index is 12.8. The molecule has 1 N–H and O–H groups in total. The summed E-state index contributed by atoms with van der Waals surface area (Å²) in [6.07, 6.45) is 2.23. The molecular formula is C22H27N3O3. The average Bonchev–Trinajstić information content (AvgIpc) is 2.72. The second-order valence-corrected chi connectivity index (χ2v) is 7.39. The summed E-state index contributed by atoms with van der Waals surface area (Å²) in [4.78, 5) is 25.7. The third kappa shape index (κ3) is 4.50. The minimum atomic E-state index is -0.346. The van der Waals surface area contributed by atoms with Crippen LogP contribution in [-0.2, 0) is 4.79 Å². The highest BCUT2D eigenvalue weighted by atomic mass is 16.6. The molecule has 1 fully saturated rings. The molecule has 1 saturated heterocycles. The van der Waals surface area contributed by atoms with Crippen LogP contribution in [0.15, 0.2) is 48.5 Å². The van der Waals surface area contributed by atoms with E-state index in [4.69, 9.17) is 0 Å². The van der Waals surface area contributed by atoms with Gasteiger partial charge in [-0.3, -0.25) is 14.9 Å². The van der Waals surface area contributed by atoms with Crippen LogP contribution < -0.4 is 10.2 Å². The first-order valence-electron chi connectivity index (χ1n) is 9.85. The molecule has 0 bridgehead atoms. The number of benzene rings is 2. The van der Waals surface area contributed by atoms with Crippen molar-refractivity contribution in [1.29, 1.82) is 0 Å². The molecule has 0 saturated carbocycles. The molecule has 3 rings (SSSR count). The van der Waals surface area contributed by atoms with Crippen LogP contribution in [0.1, 0.15) is 43.4 Å². The number of nitrogens with zero attached hydrogens (tertiary/aromatic N) is 2. The number of para-hydroxylation sites is 2. The molecule has 148 valence electrons. The lowest BCUT2D eigenvalue weighted by atomic mass is 9.94. The van der Waals surface area contributed by atoms with Gasteiger partial charge in [-0.2, -0.15) is 0 Å². The largest absolute Gasteiger partial charge is 0.366 e. The summed E-state index contributed by atoms with van der Waals surface area (Å²) in [6.45, 7) is 5.41. The molecule has 2 aromatic carbocycles. The number of anilines is 1. The van der Waals surface area contributed by atoms with Gasteiger partial charge in [0.05, 0.1) is 11.0 Å². The zero-order valence-electron chi connectivity index (χ0n) is 16.4. The fourth-order valence-corrected chi connectivity index (χ4v) is 3.78. The van der Waals surface area contributed by atoms with Crippen LogP contribution in [0, 0.1) is 23.0 Å². The number of amides is 1. The fraction of sp³-hybridized carbons (Fsp3) is 0.409. The Bertz CT molecular complexity index is 827. The second kappa shape index (κ2) is 8.87. The summed E-state index contributed by atoms with van der Waals surface area (Å²) >= 11 is 0. The topological polar surface area (TPSA) is 75.5 Å². The van der Waals surface area contributed by atoms with Gasteiger partial charge < -0.3 is 10.2 Å². The quantitative estimate of drug-likeness (QED) is 0.595. The van der Waals surface area contributed by atoms with Gasteiger partial charge in [0.1, 0.15) is 5.69 Å². The van der Waals surface area contributed by atoms with Crippen LogP contribution in [0.25, 0.3) is 0 Å². The molecule has 0 aliphatic carbocycles. The number of nitro benzene ring substituents is 1. The minimum absolute atomic E-state index is 0.0151. The van der Waals surface area contributed by atoms with Crippen LogP contribution in [0.4, 0.5) is 11.4 Å². The molecule has 1 atom stereocenters. The van der Waals surface area contributed by atoms with Crippen molar-refractivity contribution < 1.29 is 9.72 Å². The lowest BCUT2D eigenvalue weighted by Gasteiger charge is -2.33. The standard InChI is InChI=1S/C22H27N3O3/c1-3-19(17-10-8-16(2)9-11-17)23-22(26)18-12-14-24(15-13-18)20-6-4-5-7-21(20)25(27)28/h4-11,18-19H,3,12-15H2,1-2H3,(H,23,26)/t19-/m1/s1. The van der Waals surface area contributed by atoms with Crippen molar-refractivity contribution in [2.75, 3.05) is 18.0 Å². The first-order chi connectivity index (χ1) is 13.5. The Morgan fingerprint density at radius 2 is 1.82 bits per heavy atom. The number of hydrogen-bond acceptors (Lipinski definition) is 4. The Labute approximate surface area is 165 Å². The van der Waals surface area contributed by atoms with Crippen molar-refractivity contribution >= 4 is 17.3 Å². The Morgan fingerprint density at radius 1 is 1.18 bits per heavy atom. The van der Waals surface area contributed by atoms with Gasteiger partial charge in [0.2, 0.25) is 5.91 Å².